The monoisotopic (exact) mass is 344 g/mol. The van der Waals surface area contributed by atoms with Crippen LogP contribution in [-0.2, 0) is 0 Å². The fraction of sp³-hybridized carbons (Fsp3) is 0.462. The maximum absolute atomic E-state index is 12.0. The Morgan fingerprint density at radius 2 is 2.15 bits per heavy atom. The standard InChI is InChI=1S/C13H17BrN2O4/c1-8(14)6-9(2)15-13(17)10-4-5-11(16(18)19)12(7-10)20-3/h4-5,7-9H,6H2,1-3H3,(H,15,17). The maximum atomic E-state index is 12.0. The number of alkyl halides is 1. The van der Waals surface area contributed by atoms with Crippen molar-refractivity contribution < 1.29 is 14.5 Å². The molecule has 1 amide bonds. The number of hydrogen-bond acceptors (Lipinski definition) is 4. The number of rotatable bonds is 6. The van der Waals surface area contributed by atoms with Gasteiger partial charge in [-0.05, 0) is 19.4 Å². The number of benzene rings is 1. The van der Waals surface area contributed by atoms with E-state index in [2.05, 4.69) is 21.2 Å². The lowest BCUT2D eigenvalue weighted by atomic mass is 10.1. The van der Waals surface area contributed by atoms with E-state index >= 15 is 0 Å². The zero-order valence-corrected chi connectivity index (χ0v) is 13.1. The molecule has 0 heterocycles. The molecule has 1 rings (SSSR count). The molecule has 2 unspecified atom stereocenters. The number of carbonyl (C=O) groups excluding carboxylic acids is 1. The summed E-state index contributed by atoms with van der Waals surface area (Å²) in [5.41, 5.74) is 0.174. The molecule has 0 spiro atoms. The third-order valence-electron chi connectivity index (χ3n) is 2.69. The molecule has 0 saturated heterocycles. The molecule has 1 N–H and O–H groups in total. The normalized spacial score (nSPS) is 13.4. The molecular formula is C13H17BrN2O4. The first-order valence-electron chi connectivity index (χ1n) is 6.12. The van der Waals surface area contributed by atoms with E-state index in [4.69, 9.17) is 4.74 Å². The molecule has 110 valence electrons. The number of hydrogen-bond donors (Lipinski definition) is 1. The van der Waals surface area contributed by atoms with Crippen LogP contribution in [0.5, 0.6) is 5.75 Å². The summed E-state index contributed by atoms with van der Waals surface area (Å²) in [6.45, 7) is 3.90. The van der Waals surface area contributed by atoms with Crippen molar-refractivity contribution in [3.63, 3.8) is 0 Å². The number of halogens is 1. The van der Waals surface area contributed by atoms with Crippen molar-refractivity contribution in [2.24, 2.45) is 0 Å². The van der Waals surface area contributed by atoms with E-state index in [-0.39, 0.29) is 23.4 Å². The van der Waals surface area contributed by atoms with Crippen molar-refractivity contribution in [2.75, 3.05) is 7.11 Å². The van der Waals surface area contributed by atoms with Crippen LogP contribution in [0.25, 0.3) is 0 Å². The number of carbonyl (C=O) groups is 1. The highest BCUT2D eigenvalue weighted by molar-refractivity contribution is 9.09. The van der Waals surface area contributed by atoms with Gasteiger partial charge in [0, 0.05) is 28.6 Å². The first kappa shape index (κ1) is 16.4. The second kappa shape index (κ2) is 7.23. The first-order valence-corrected chi connectivity index (χ1v) is 7.04. The molecule has 7 heteroatoms. The number of nitro groups is 1. The Balaban J connectivity index is 2.86. The Kier molecular flexibility index (Phi) is 5.94. The number of nitrogens with one attached hydrogen (secondary N) is 1. The van der Waals surface area contributed by atoms with E-state index in [1.54, 1.807) is 0 Å². The Morgan fingerprint density at radius 3 is 2.65 bits per heavy atom. The average Bonchev–Trinajstić information content (AvgIpc) is 2.36. The van der Waals surface area contributed by atoms with Gasteiger partial charge in [-0.25, -0.2) is 0 Å². The van der Waals surface area contributed by atoms with Gasteiger partial charge in [-0.3, -0.25) is 14.9 Å². The quantitative estimate of drug-likeness (QED) is 0.488. The summed E-state index contributed by atoms with van der Waals surface area (Å²) in [4.78, 5) is 22.6. The van der Waals surface area contributed by atoms with Crippen LogP contribution in [0.15, 0.2) is 18.2 Å². The van der Waals surface area contributed by atoms with Crippen LogP contribution in [0.3, 0.4) is 0 Å². The minimum absolute atomic E-state index is 0.00179. The van der Waals surface area contributed by atoms with Crippen LogP contribution in [-0.4, -0.2) is 28.8 Å². The second-order valence-electron chi connectivity index (χ2n) is 4.53. The zero-order chi connectivity index (χ0) is 15.3. The fourth-order valence-corrected chi connectivity index (χ4v) is 2.38. The van der Waals surface area contributed by atoms with E-state index < -0.39 is 4.92 Å². The number of methoxy groups -OCH3 is 1. The van der Waals surface area contributed by atoms with Gasteiger partial charge in [0.25, 0.3) is 5.91 Å². The largest absolute Gasteiger partial charge is 0.490 e. The Bertz CT molecular complexity index is 505. The van der Waals surface area contributed by atoms with Gasteiger partial charge >= 0.3 is 5.69 Å². The average molecular weight is 345 g/mol. The summed E-state index contributed by atoms with van der Waals surface area (Å²) in [6.07, 6.45) is 0.788. The third kappa shape index (κ3) is 4.48. The number of nitrogens with zero attached hydrogens (tertiary/aromatic N) is 1. The highest BCUT2D eigenvalue weighted by Gasteiger charge is 2.18. The summed E-state index contributed by atoms with van der Waals surface area (Å²) >= 11 is 3.42. The maximum Gasteiger partial charge on any atom is 0.310 e. The SMILES string of the molecule is COc1cc(C(=O)NC(C)CC(C)Br)ccc1[N+](=O)[O-]. The van der Waals surface area contributed by atoms with Crippen LogP contribution in [0.4, 0.5) is 5.69 Å². The number of nitro benzene ring substituents is 1. The van der Waals surface area contributed by atoms with Crippen molar-refractivity contribution in [1.82, 2.24) is 5.32 Å². The van der Waals surface area contributed by atoms with Crippen molar-refractivity contribution in [3.05, 3.63) is 33.9 Å². The molecule has 0 bridgehead atoms. The lowest BCUT2D eigenvalue weighted by Gasteiger charge is -2.15. The van der Waals surface area contributed by atoms with Gasteiger partial charge in [-0.1, -0.05) is 22.9 Å². The molecule has 1 aromatic carbocycles. The number of ether oxygens (including phenoxy) is 1. The van der Waals surface area contributed by atoms with Crippen molar-refractivity contribution >= 4 is 27.5 Å². The van der Waals surface area contributed by atoms with Gasteiger partial charge in [0.05, 0.1) is 12.0 Å². The van der Waals surface area contributed by atoms with E-state index in [9.17, 15) is 14.9 Å². The molecule has 20 heavy (non-hydrogen) atoms. The lowest BCUT2D eigenvalue weighted by molar-refractivity contribution is -0.385. The fourth-order valence-electron chi connectivity index (χ4n) is 1.82. The van der Waals surface area contributed by atoms with E-state index in [0.717, 1.165) is 6.42 Å². The van der Waals surface area contributed by atoms with E-state index in [1.807, 2.05) is 13.8 Å². The Hall–Kier alpha value is -1.63. The first-order chi connectivity index (χ1) is 9.35. The molecule has 0 radical (unpaired) electrons. The topological polar surface area (TPSA) is 81.5 Å². The summed E-state index contributed by atoms with van der Waals surface area (Å²) in [5, 5.41) is 13.6. The summed E-state index contributed by atoms with van der Waals surface area (Å²) in [7, 11) is 1.33. The molecule has 0 fully saturated rings. The molecule has 2 atom stereocenters. The van der Waals surface area contributed by atoms with Crippen LogP contribution >= 0.6 is 15.9 Å². The third-order valence-corrected chi connectivity index (χ3v) is 3.07. The van der Waals surface area contributed by atoms with E-state index in [0.29, 0.717) is 10.4 Å². The summed E-state index contributed by atoms with van der Waals surface area (Å²) in [6, 6.07) is 4.06. The van der Waals surface area contributed by atoms with Gasteiger partial charge in [0.2, 0.25) is 0 Å². The van der Waals surface area contributed by atoms with Gasteiger partial charge in [0.15, 0.2) is 5.75 Å². The highest BCUT2D eigenvalue weighted by Crippen LogP contribution is 2.27. The lowest BCUT2D eigenvalue weighted by Crippen LogP contribution is -2.33. The van der Waals surface area contributed by atoms with Crippen LogP contribution in [0.2, 0.25) is 0 Å². The van der Waals surface area contributed by atoms with Crippen LogP contribution in [0.1, 0.15) is 30.6 Å². The molecule has 0 aliphatic carbocycles. The zero-order valence-electron chi connectivity index (χ0n) is 11.6. The van der Waals surface area contributed by atoms with Crippen molar-refractivity contribution in [1.29, 1.82) is 0 Å². The Labute approximate surface area is 125 Å². The minimum atomic E-state index is -0.546. The Morgan fingerprint density at radius 1 is 1.50 bits per heavy atom. The molecule has 0 saturated carbocycles. The second-order valence-corrected chi connectivity index (χ2v) is 6.10. The van der Waals surface area contributed by atoms with Crippen molar-refractivity contribution in [2.45, 2.75) is 31.1 Å². The smallest absolute Gasteiger partial charge is 0.310 e. The van der Waals surface area contributed by atoms with Gasteiger partial charge in [-0.15, -0.1) is 0 Å². The van der Waals surface area contributed by atoms with Crippen LogP contribution < -0.4 is 10.1 Å². The highest BCUT2D eigenvalue weighted by atomic mass is 79.9. The van der Waals surface area contributed by atoms with Crippen molar-refractivity contribution in [3.8, 4) is 5.75 Å². The molecule has 1 aromatic rings. The number of amides is 1. The summed E-state index contributed by atoms with van der Waals surface area (Å²) in [5.74, 6) is -0.206. The molecular weight excluding hydrogens is 328 g/mol. The van der Waals surface area contributed by atoms with Crippen LogP contribution in [0, 0.1) is 10.1 Å². The van der Waals surface area contributed by atoms with E-state index in [1.165, 1.54) is 25.3 Å². The van der Waals surface area contributed by atoms with Gasteiger partial charge < -0.3 is 10.1 Å². The summed E-state index contributed by atoms with van der Waals surface area (Å²) < 4.78 is 4.94. The van der Waals surface area contributed by atoms with Gasteiger partial charge in [0.1, 0.15) is 0 Å². The molecule has 0 aliphatic rings. The predicted octanol–water partition coefficient (Wildman–Crippen LogP) is 2.90. The molecule has 0 aliphatic heterocycles. The minimum Gasteiger partial charge on any atom is -0.490 e. The van der Waals surface area contributed by atoms with Gasteiger partial charge in [-0.2, -0.15) is 0 Å². The predicted molar refractivity (Wildman–Crippen MR) is 79.6 cm³/mol. The molecule has 0 aromatic heterocycles. The molecule has 6 nitrogen and oxygen atoms in total.